The fraction of sp³-hybridized carbons (Fsp3) is 0.727. The fourth-order valence-corrected chi connectivity index (χ4v) is 2.58. The van der Waals surface area contributed by atoms with E-state index in [9.17, 15) is 0 Å². The molecule has 1 aromatic heterocycles. The maximum absolute atomic E-state index is 4.06. The van der Waals surface area contributed by atoms with E-state index in [4.69, 9.17) is 0 Å². The molecule has 0 aliphatic carbocycles. The molecule has 0 atom stereocenters. The quantitative estimate of drug-likeness (QED) is 0.748. The van der Waals surface area contributed by atoms with Gasteiger partial charge in [-0.2, -0.15) is 0 Å². The molecule has 1 aromatic rings. The van der Waals surface area contributed by atoms with E-state index in [1.165, 1.54) is 37.2 Å². The van der Waals surface area contributed by atoms with Gasteiger partial charge in [-0.25, -0.2) is 0 Å². The van der Waals surface area contributed by atoms with Gasteiger partial charge in [0.15, 0.2) is 0 Å². The van der Waals surface area contributed by atoms with E-state index >= 15 is 0 Å². The lowest BCUT2D eigenvalue weighted by atomic mass is 9.95. The van der Waals surface area contributed by atoms with Crippen LogP contribution in [0.25, 0.3) is 0 Å². The molecule has 0 radical (unpaired) electrons. The first-order chi connectivity index (χ1) is 7.45. The van der Waals surface area contributed by atoms with Crippen molar-refractivity contribution >= 4 is 11.3 Å². The van der Waals surface area contributed by atoms with Crippen LogP contribution in [-0.2, 0) is 6.54 Å². The minimum Gasteiger partial charge on any atom is -0.317 e. The van der Waals surface area contributed by atoms with Crippen molar-refractivity contribution in [2.24, 2.45) is 5.92 Å². The number of hydrogen-bond acceptors (Lipinski definition) is 4. The van der Waals surface area contributed by atoms with Crippen molar-refractivity contribution in [2.75, 3.05) is 19.6 Å². The minimum absolute atomic E-state index is 0.931. The van der Waals surface area contributed by atoms with Gasteiger partial charge in [0, 0.05) is 17.6 Å². The number of thiazole rings is 1. The molecule has 1 fully saturated rings. The lowest BCUT2D eigenvalue weighted by molar-refractivity contribution is 0.348. The molecule has 1 aliphatic rings. The van der Waals surface area contributed by atoms with Gasteiger partial charge < -0.3 is 10.6 Å². The second-order valence-corrected chi connectivity index (χ2v) is 5.10. The van der Waals surface area contributed by atoms with Gasteiger partial charge in [0.1, 0.15) is 0 Å². The summed E-state index contributed by atoms with van der Waals surface area (Å²) in [5.41, 5.74) is 1.89. The Hall–Kier alpha value is -0.450. The normalized spacial score (nSPS) is 18.1. The standard InChI is InChI=1S/C11H19N3S/c1-4-12-5-2-10(1)3-6-13-7-11-8-14-9-15-11/h8-10,12-13H,1-7H2. The Morgan fingerprint density at radius 3 is 3.07 bits per heavy atom. The highest BCUT2D eigenvalue weighted by atomic mass is 32.1. The third-order valence-electron chi connectivity index (χ3n) is 2.97. The summed E-state index contributed by atoms with van der Waals surface area (Å²) in [6.07, 6.45) is 5.97. The maximum Gasteiger partial charge on any atom is 0.0794 e. The molecule has 0 amide bonds. The number of nitrogens with one attached hydrogen (secondary N) is 2. The van der Waals surface area contributed by atoms with Crippen LogP contribution in [0.5, 0.6) is 0 Å². The molecular weight excluding hydrogens is 206 g/mol. The van der Waals surface area contributed by atoms with Crippen molar-refractivity contribution in [1.82, 2.24) is 15.6 Å². The van der Waals surface area contributed by atoms with E-state index in [0.29, 0.717) is 0 Å². The Morgan fingerprint density at radius 2 is 2.33 bits per heavy atom. The summed E-state index contributed by atoms with van der Waals surface area (Å²) in [6.45, 7) is 4.54. The highest BCUT2D eigenvalue weighted by molar-refractivity contribution is 7.09. The van der Waals surface area contributed by atoms with Crippen molar-refractivity contribution < 1.29 is 0 Å². The van der Waals surface area contributed by atoms with Gasteiger partial charge in [-0.15, -0.1) is 11.3 Å². The molecule has 2 N–H and O–H groups in total. The highest BCUT2D eigenvalue weighted by Crippen LogP contribution is 2.14. The van der Waals surface area contributed by atoms with Gasteiger partial charge in [0.05, 0.1) is 5.51 Å². The van der Waals surface area contributed by atoms with Crippen LogP contribution in [0.3, 0.4) is 0 Å². The molecule has 0 bridgehead atoms. The number of nitrogens with zero attached hydrogens (tertiary/aromatic N) is 1. The van der Waals surface area contributed by atoms with Gasteiger partial charge in [-0.3, -0.25) is 4.98 Å². The minimum atomic E-state index is 0.931. The third-order valence-corrected chi connectivity index (χ3v) is 3.75. The Kier molecular flexibility index (Phi) is 4.57. The average Bonchev–Trinajstić information content (AvgIpc) is 2.79. The second kappa shape index (κ2) is 6.20. The Morgan fingerprint density at radius 1 is 1.47 bits per heavy atom. The molecule has 1 saturated heterocycles. The van der Waals surface area contributed by atoms with E-state index in [0.717, 1.165) is 19.0 Å². The molecular formula is C11H19N3S. The van der Waals surface area contributed by atoms with Crippen molar-refractivity contribution in [3.63, 3.8) is 0 Å². The van der Waals surface area contributed by atoms with Crippen LogP contribution in [0.4, 0.5) is 0 Å². The van der Waals surface area contributed by atoms with Crippen LogP contribution in [0.2, 0.25) is 0 Å². The summed E-state index contributed by atoms with van der Waals surface area (Å²) in [4.78, 5) is 5.39. The molecule has 0 aromatic carbocycles. The number of aromatic nitrogens is 1. The largest absolute Gasteiger partial charge is 0.317 e. The van der Waals surface area contributed by atoms with Gasteiger partial charge in [-0.05, 0) is 44.8 Å². The molecule has 15 heavy (non-hydrogen) atoms. The predicted molar refractivity (Wildman–Crippen MR) is 64.0 cm³/mol. The van der Waals surface area contributed by atoms with Crippen LogP contribution in [0, 0.1) is 5.92 Å². The topological polar surface area (TPSA) is 37.0 Å². The molecule has 4 heteroatoms. The van der Waals surface area contributed by atoms with Crippen LogP contribution in [0.1, 0.15) is 24.1 Å². The Labute approximate surface area is 95.3 Å². The van der Waals surface area contributed by atoms with Gasteiger partial charge in [0.25, 0.3) is 0 Å². The Balaban J connectivity index is 1.54. The first kappa shape index (κ1) is 11.0. The second-order valence-electron chi connectivity index (χ2n) is 4.13. The molecule has 2 heterocycles. The lowest BCUT2D eigenvalue weighted by Crippen LogP contribution is -2.29. The maximum atomic E-state index is 4.06. The Bertz CT molecular complexity index is 255. The predicted octanol–water partition coefficient (Wildman–Crippen LogP) is 1.62. The molecule has 1 aliphatic heterocycles. The molecule has 0 saturated carbocycles. The molecule has 84 valence electrons. The van der Waals surface area contributed by atoms with Crippen molar-refractivity contribution in [3.8, 4) is 0 Å². The summed E-state index contributed by atoms with van der Waals surface area (Å²) in [6, 6.07) is 0. The van der Waals surface area contributed by atoms with E-state index < -0.39 is 0 Å². The van der Waals surface area contributed by atoms with Crippen molar-refractivity contribution in [2.45, 2.75) is 25.8 Å². The monoisotopic (exact) mass is 225 g/mol. The SMILES string of the molecule is c1ncc(CNCCC2CCNCC2)s1. The summed E-state index contributed by atoms with van der Waals surface area (Å²) in [5.74, 6) is 0.931. The first-order valence-corrected chi connectivity index (χ1v) is 6.62. The van der Waals surface area contributed by atoms with Crippen molar-refractivity contribution in [1.29, 1.82) is 0 Å². The van der Waals surface area contributed by atoms with Crippen LogP contribution in [-0.4, -0.2) is 24.6 Å². The number of piperidine rings is 1. The fourth-order valence-electron chi connectivity index (χ4n) is 2.02. The summed E-state index contributed by atoms with van der Waals surface area (Å²) >= 11 is 1.73. The average molecular weight is 225 g/mol. The van der Waals surface area contributed by atoms with Crippen LogP contribution >= 0.6 is 11.3 Å². The van der Waals surface area contributed by atoms with Gasteiger partial charge in [0.2, 0.25) is 0 Å². The van der Waals surface area contributed by atoms with Crippen molar-refractivity contribution in [3.05, 3.63) is 16.6 Å². The molecule has 0 spiro atoms. The molecule has 3 nitrogen and oxygen atoms in total. The molecule has 0 unspecified atom stereocenters. The van der Waals surface area contributed by atoms with Crippen LogP contribution in [0.15, 0.2) is 11.7 Å². The third kappa shape index (κ3) is 3.89. The zero-order valence-corrected chi connectivity index (χ0v) is 9.85. The highest BCUT2D eigenvalue weighted by Gasteiger charge is 2.11. The van der Waals surface area contributed by atoms with E-state index in [1.54, 1.807) is 11.3 Å². The summed E-state index contributed by atoms with van der Waals surface area (Å²) in [5, 5.41) is 6.89. The zero-order valence-electron chi connectivity index (χ0n) is 9.04. The van der Waals surface area contributed by atoms with E-state index in [-0.39, 0.29) is 0 Å². The number of rotatable bonds is 5. The zero-order chi connectivity index (χ0) is 10.3. The molecule has 2 rings (SSSR count). The van der Waals surface area contributed by atoms with E-state index in [1.807, 2.05) is 11.7 Å². The summed E-state index contributed by atoms with van der Waals surface area (Å²) in [7, 11) is 0. The first-order valence-electron chi connectivity index (χ1n) is 5.74. The summed E-state index contributed by atoms with van der Waals surface area (Å²) < 4.78 is 0. The van der Waals surface area contributed by atoms with Gasteiger partial charge in [-0.1, -0.05) is 0 Å². The van der Waals surface area contributed by atoms with Gasteiger partial charge >= 0.3 is 0 Å². The lowest BCUT2D eigenvalue weighted by Gasteiger charge is -2.22. The van der Waals surface area contributed by atoms with Crippen LogP contribution < -0.4 is 10.6 Å². The smallest absolute Gasteiger partial charge is 0.0794 e. The number of hydrogen-bond donors (Lipinski definition) is 2. The van der Waals surface area contributed by atoms with E-state index in [2.05, 4.69) is 15.6 Å².